The first-order chi connectivity index (χ1) is 13.7. The number of benzene rings is 2. The summed E-state index contributed by atoms with van der Waals surface area (Å²) in [5.41, 5.74) is 2.04. The van der Waals surface area contributed by atoms with E-state index in [4.69, 9.17) is 4.74 Å². The second-order valence-electron chi connectivity index (χ2n) is 7.38. The number of rotatable bonds is 8. The van der Waals surface area contributed by atoms with Crippen molar-refractivity contribution in [3.8, 4) is 5.75 Å². The van der Waals surface area contributed by atoms with E-state index in [-0.39, 0.29) is 11.9 Å². The summed E-state index contributed by atoms with van der Waals surface area (Å²) in [6.07, 6.45) is 4.93. The molecule has 0 spiro atoms. The van der Waals surface area contributed by atoms with Crippen LogP contribution in [0.15, 0.2) is 67.3 Å². The number of piperidine rings is 1. The highest BCUT2D eigenvalue weighted by Crippen LogP contribution is 2.20. The lowest BCUT2D eigenvalue weighted by Crippen LogP contribution is -2.49. The number of likely N-dealkylation sites (N-methyl/N-ethyl adjacent to an activating group) is 1. The summed E-state index contributed by atoms with van der Waals surface area (Å²) in [6, 6.07) is 18.2. The minimum absolute atomic E-state index is 0.0546. The Balaban J connectivity index is 1.57. The molecule has 2 aromatic carbocycles. The summed E-state index contributed by atoms with van der Waals surface area (Å²) in [5.74, 6) is 0.756. The molecule has 4 nitrogen and oxygen atoms in total. The molecule has 1 saturated heterocycles. The highest BCUT2D eigenvalue weighted by Gasteiger charge is 2.26. The molecular weight excluding hydrogens is 348 g/mol. The number of hydrogen-bond acceptors (Lipinski definition) is 3. The highest BCUT2D eigenvalue weighted by atomic mass is 16.5. The van der Waals surface area contributed by atoms with Gasteiger partial charge in [-0.05, 0) is 49.6 Å². The van der Waals surface area contributed by atoms with E-state index < -0.39 is 0 Å². The lowest BCUT2D eigenvalue weighted by Gasteiger charge is -2.37. The zero-order chi connectivity index (χ0) is 19.8. The summed E-state index contributed by atoms with van der Waals surface area (Å²) in [7, 11) is 1.92. The molecule has 1 unspecified atom stereocenters. The maximum absolute atomic E-state index is 13.0. The van der Waals surface area contributed by atoms with Crippen molar-refractivity contribution < 1.29 is 9.53 Å². The van der Waals surface area contributed by atoms with Crippen molar-refractivity contribution >= 4 is 5.91 Å². The maximum Gasteiger partial charge on any atom is 0.254 e. The average Bonchev–Trinajstić information content (AvgIpc) is 2.76. The Labute approximate surface area is 168 Å². The lowest BCUT2D eigenvalue weighted by atomic mass is 10.0. The number of likely N-dealkylation sites (tertiary alicyclic amines) is 1. The van der Waals surface area contributed by atoms with E-state index in [1.807, 2.05) is 36.2 Å². The maximum atomic E-state index is 13.0. The van der Waals surface area contributed by atoms with Gasteiger partial charge in [0.1, 0.15) is 12.4 Å². The highest BCUT2D eigenvalue weighted by molar-refractivity contribution is 5.94. The third-order valence-electron chi connectivity index (χ3n) is 5.36. The first-order valence-electron chi connectivity index (χ1n) is 10.0. The molecule has 1 aliphatic heterocycles. The predicted octanol–water partition coefficient (Wildman–Crippen LogP) is 4.03. The topological polar surface area (TPSA) is 32.8 Å². The summed E-state index contributed by atoms with van der Waals surface area (Å²) in [5, 5.41) is 0. The molecule has 0 aromatic heterocycles. The third kappa shape index (κ3) is 5.46. The van der Waals surface area contributed by atoms with Gasteiger partial charge in [-0.25, -0.2) is 0 Å². The molecule has 1 amide bonds. The zero-order valence-corrected chi connectivity index (χ0v) is 16.7. The number of nitrogens with zero attached hydrogens (tertiary/aromatic N) is 2. The van der Waals surface area contributed by atoms with Crippen molar-refractivity contribution in [2.24, 2.45) is 0 Å². The minimum atomic E-state index is 0.0546. The Bertz CT molecular complexity index is 775. The largest absolute Gasteiger partial charge is 0.490 e. The lowest BCUT2D eigenvalue weighted by molar-refractivity contribution is 0.0619. The second kappa shape index (κ2) is 10.1. The van der Waals surface area contributed by atoms with Gasteiger partial charge in [-0.1, -0.05) is 49.1 Å². The molecule has 0 saturated carbocycles. The Morgan fingerprint density at radius 2 is 2.07 bits per heavy atom. The standard InChI is InChI=1S/C24H30N2O2/c1-3-17-28-23-13-7-11-21(18-23)24(27)25(2)22-12-8-15-26(19-22)16-14-20-9-5-4-6-10-20/h3-7,9-11,13,18,22H,1,8,12,14-17,19H2,2H3. The molecule has 0 bridgehead atoms. The van der Waals surface area contributed by atoms with Crippen molar-refractivity contribution in [3.05, 3.63) is 78.4 Å². The number of carbonyl (C=O) groups excluding carboxylic acids is 1. The molecule has 0 radical (unpaired) electrons. The van der Waals surface area contributed by atoms with Gasteiger partial charge in [0.2, 0.25) is 0 Å². The van der Waals surface area contributed by atoms with Crippen LogP contribution >= 0.6 is 0 Å². The van der Waals surface area contributed by atoms with Gasteiger partial charge in [-0.2, -0.15) is 0 Å². The molecule has 4 heteroatoms. The van der Waals surface area contributed by atoms with Crippen LogP contribution in [0.2, 0.25) is 0 Å². The molecule has 1 heterocycles. The van der Waals surface area contributed by atoms with E-state index in [0.29, 0.717) is 17.9 Å². The van der Waals surface area contributed by atoms with Crippen molar-refractivity contribution in [1.29, 1.82) is 0 Å². The van der Waals surface area contributed by atoms with Crippen LogP contribution < -0.4 is 4.74 Å². The normalized spacial score (nSPS) is 17.1. The number of amides is 1. The minimum Gasteiger partial charge on any atom is -0.490 e. The number of ether oxygens (including phenoxy) is 1. The molecule has 2 aromatic rings. The van der Waals surface area contributed by atoms with E-state index >= 15 is 0 Å². The average molecular weight is 379 g/mol. The number of carbonyl (C=O) groups is 1. The van der Waals surface area contributed by atoms with Crippen LogP contribution in [-0.2, 0) is 6.42 Å². The van der Waals surface area contributed by atoms with Crippen LogP contribution in [0.25, 0.3) is 0 Å². The summed E-state index contributed by atoms with van der Waals surface area (Å²) >= 11 is 0. The molecular formula is C24H30N2O2. The van der Waals surface area contributed by atoms with Crippen LogP contribution in [0, 0.1) is 0 Å². The van der Waals surface area contributed by atoms with E-state index in [0.717, 1.165) is 38.9 Å². The van der Waals surface area contributed by atoms with Gasteiger partial charge < -0.3 is 14.5 Å². The SMILES string of the molecule is C=CCOc1cccc(C(=O)N(C)C2CCCN(CCc3ccccc3)C2)c1. The van der Waals surface area contributed by atoms with Gasteiger partial charge in [0.15, 0.2) is 0 Å². The number of hydrogen-bond donors (Lipinski definition) is 0. The molecule has 0 N–H and O–H groups in total. The molecule has 1 aliphatic rings. The fraction of sp³-hybridized carbons (Fsp3) is 0.375. The van der Waals surface area contributed by atoms with E-state index in [1.54, 1.807) is 6.08 Å². The van der Waals surface area contributed by atoms with Crippen LogP contribution in [0.5, 0.6) is 5.75 Å². The van der Waals surface area contributed by atoms with Crippen LogP contribution in [-0.4, -0.2) is 55.0 Å². The second-order valence-corrected chi connectivity index (χ2v) is 7.38. The smallest absolute Gasteiger partial charge is 0.254 e. The first-order valence-corrected chi connectivity index (χ1v) is 10.0. The molecule has 0 aliphatic carbocycles. The van der Waals surface area contributed by atoms with Crippen molar-refractivity contribution in [3.63, 3.8) is 0 Å². The van der Waals surface area contributed by atoms with Gasteiger partial charge in [0, 0.05) is 31.7 Å². The molecule has 3 rings (SSSR count). The molecule has 28 heavy (non-hydrogen) atoms. The summed E-state index contributed by atoms with van der Waals surface area (Å²) in [4.78, 5) is 17.4. The van der Waals surface area contributed by atoms with E-state index in [2.05, 4.69) is 41.8 Å². The first kappa shape index (κ1) is 20.2. The van der Waals surface area contributed by atoms with E-state index in [1.165, 1.54) is 5.56 Å². The quantitative estimate of drug-likeness (QED) is 0.650. The van der Waals surface area contributed by atoms with Crippen LogP contribution in [0.4, 0.5) is 0 Å². The van der Waals surface area contributed by atoms with Gasteiger partial charge in [0.25, 0.3) is 5.91 Å². The molecule has 1 fully saturated rings. The summed E-state index contributed by atoms with van der Waals surface area (Å²) < 4.78 is 5.57. The Hall–Kier alpha value is -2.59. The van der Waals surface area contributed by atoms with Gasteiger partial charge in [-0.3, -0.25) is 4.79 Å². The molecule has 148 valence electrons. The monoisotopic (exact) mass is 378 g/mol. The fourth-order valence-corrected chi connectivity index (χ4v) is 3.73. The Kier molecular flexibility index (Phi) is 7.26. The zero-order valence-electron chi connectivity index (χ0n) is 16.7. The van der Waals surface area contributed by atoms with Crippen molar-refractivity contribution in [2.75, 3.05) is 33.3 Å². The van der Waals surface area contributed by atoms with E-state index in [9.17, 15) is 4.79 Å². The van der Waals surface area contributed by atoms with Gasteiger partial charge >= 0.3 is 0 Å². The van der Waals surface area contributed by atoms with Crippen molar-refractivity contribution in [1.82, 2.24) is 9.80 Å². The Morgan fingerprint density at radius 3 is 2.86 bits per heavy atom. The van der Waals surface area contributed by atoms with Gasteiger partial charge in [0.05, 0.1) is 0 Å². The fourth-order valence-electron chi connectivity index (χ4n) is 3.73. The summed E-state index contributed by atoms with van der Waals surface area (Å²) in [6.45, 7) is 7.17. The molecule has 1 atom stereocenters. The predicted molar refractivity (Wildman–Crippen MR) is 114 cm³/mol. The van der Waals surface area contributed by atoms with Gasteiger partial charge in [-0.15, -0.1) is 0 Å². The third-order valence-corrected chi connectivity index (χ3v) is 5.36. The van der Waals surface area contributed by atoms with Crippen LogP contribution in [0.3, 0.4) is 0 Å². The Morgan fingerprint density at radius 1 is 1.25 bits per heavy atom. The van der Waals surface area contributed by atoms with Crippen LogP contribution in [0.1, 0.15) is 28.8 Å². The van der Waals surface area contributed by atoms with Crippen molar-refractivity contribution in [2.45, 2.75) is 25.3 Å².